The highest BCUT2D eigenvalue weighted by molar-refractivity contribution is 8.03. The van der Waals surface area contributed by atoms with Crippen molar-refractivity contribution in [2.75, 3.05) is 4.90 Å². The molecule has 2 heterocycles. The average molecular weight is 344 g/mol. The van der Waals surface area contributed by atoms with Crippen LogP contribution in [0.3, 0.4) is 0 Å². The van der Waals surface area contributed by atoms with E-state index in [4.69, 9.17) is 0 Å². The summed E-state index contributed by atoms with van der Waals surface area (Å²) in [5.41, 5.74) is 3.01. The average Bonchev–Trinajstić information content (AvgIpc) is 3.00. The maximum absolute atomic E-state index is 12.6. The summed E-state index contributed by atoms with van der Waals surface area (Å²) in [4.78, 5) is 20.0. The molecule has 2 aromatic carbocycles. The number of rotatable bonds is 4. The summed E-state index contributed by atoms with van der Waals surface area (Å²) in [5, 5.41) is 0.951. The molecule has 1 aliphatic heterocycles. The molecule has 122 valence electrons. The maximum Gasteiger partial charge on any atom is 0.188 e. The van der Waals surface area contributed by atoms with Crippen molar-refractivity contribution in [2.45, 2.75) is 11.4 Å². The zero-order valence-corrected chi connectivity index (χ0v) is 14.3. The Morgan fingerprint density at radius 2 is 1.68 bits per heavy atom. The van der Waals surface area contributed by atoms with E-state index in [1.807, 2.05) is 30.3 Å². The van der Waals surface area contributed by atoms with Crippen LogP contribution in [0, 0.1) is 0 Å². The molecule has 25 heavy (non-hydrogen) atoms. The molecule has 0 fully saturated rings. The molecule has 3 aromatic rings. The number of para-hydroxylation sites is 1. The molecule has 1 aliphatic rings. The third-order valence-electron chi connectivity index (χ3n) is 4.04. The second-order valence-electron chi connectivity index (χ2n) is 5.72. The number of pyridine rings is 1. The molecule has 0 N–H and O–H groups in total. The largest absolute Gasteiger partial charge is 0.330 e. The van der Waals surface area contributed by atoms with Crippen LogP contribution in [0.4, 0.5) is 5.69 Å². The number of anilines is 1. The van der Waals surface area contributed by atoms with Gasteiger partial charge >= 0.3 is 0 Å². The third-order valence-corrected chi connectivity index (χ3v) is 5.15. The van der Waals surface area contributed by atoms with Gasteiger partial charge in [0.2, 0.25) is 0 Å². The second kappa shape index (κ2) is 6.95. The van der Waals surface area contributed by atoms with E-state index in [1.165, 1.54) is 10.5 Å². The standard InChI is InChI=1S/C21H16N2OS/c24-19(17-10-12-22-13-11-17)14-21-23(15-16-6-2-1-3-7-16)18-8-4-5-9-20(18)25-21/h1-14H,15H2. The van der Waals surface area contributed by atoms with Gasteiger partial charge in [-0.1, -0.05) is 54.2 Å². The molecule has 1 aromatic heterocycles. The molecule has 4 rings (SSSR count). The molecule has 0 atom stereocenters. The minimum atomic E-state index is -0.00392. The van der Waals surface area contributed by atoms with Gasteiger partial charge in [-0.05, 0) is 29.8 Å². The fraction of sp³-hybridized carbons (Fsp3) is 0.0476. The van der Waals surface area contributed by atoms with Crippen LogP contribution in [-0.2, 0) is 6.54 Å². The first-order chi connectivity index (χ1) is 12.3. The molecule has 4 heteroatoms. The molecule has 0 bridgehead atoms. The van der Waals surface area contributed by atoms with Crippen LogP contribution in [0.25, 0.3) is 0 Å². The normalized spacial score (nSPS) is 14.6. The van der Waals surface area contributed by atoms with Gasteiger partial charge in [-0.15, -0.1) is 0 Å². The Kier molecular flexibility index (Phi) is 4.36. The van der Waals surface area contributed by atoms with Crippen molar-refractivity contribution in [1.29, 1.82) is 0 Å². The van der Waals surface area contributed by atoms with Gasteiger partial charge in [-0.25, -0.2) is 0 Å². The summed E-state index contributed by atoms with van der Waals surface area (Å²) in [6, 6.07) is 22.0. The van der Waals surface area contributed by atoms with Crippen molar-refractivity contribution in [3.8, 4) is 0 Å². The highest BCUT2D eigenvalue weighted by Gasteiger charge is 2.25. The summed E-state index contributed by atoms with van der Waals surface area (Å²) < 4.78 is 0. The molecule has 0 radical (unpaired) electrons. The number of ketones is 1. The Hall–Kier alpha value is -2.85. The third kappa shape index (κ3) is 3.35. The van der Waals surface area contributed by atoms with Crippen molar-refractivity contribution in [3.63, 3.8) is 0 Å². The quantitative estimate of drug-likeness (QED) is 0.497. The van der Waals surface area contributed by atoms with Crippen LogP contribution in [0.15, 0.2) is 95.1 Å². The van der Waals surface area contributed by atoms with E-state index in [2.05, 4.69) is 34.1 Å². The van der Waals surface area contributed by atoms with Gasteiger partial charge in [0, 0.05) is 35.5 Å². The van der Waals surface area contributed by atoms with E-state index in [0.717, 1.165) is 17.3 Å². The van der Waals surface area contributed by atoms with Crippen LogP contribution < -0.4 is 4.90 Å². The molecule has 0 amide bonds. The Morgan fingerprint density at radius 3 is 2.48 bits per heavy atom. The minimum absolute atomic E-state index is 0.00392. The highest BCUT2D eigenvalue weighted by atomic mass is 32.2. The molecule has 0 unspecified atom stereocenters. The van der Waals surface area contributed by atoms with Crippen molar-refractivity contribution in [3.05, 3.63) is 101 Å². The lowest BCUT2D eigenvalue weighted by Crippen LogP contribution is -2.17. The van der Waals surface area contributed by atoms with Crippen molar-refractivity contribution < 1.29 is 4.79 Å². The number of carbonyl (C=O) groups excluding carboxylic acids is 1. The van der Waals surface area contributed by atoms with Crippen LogP contribution in [0.1, 0.15) is 15.9 Å². The predicted molar refractivity (Wildman–Crippen MR) is 102 cm³/mol. The molecule has 0 saturated heterocycles. The van der Waals surface area contributed by atoms with Gasteiger partial charge in [-0.2, -0.15) is 0 Å². The van der Waals surface area contributed by atoms with Crippen molar-refractivity contribution in [2.24, 2.45) is 0 Å². The summed E-state index contributed by atoms with van der Waals surface area (Å²) in [5.74, 6) is -0.00392. The van der Waals surface area contributed by atoms with Gasteiger partial charge in [0.1, 0.15) is 0 Å². The number of aromatic nitrogens is 1. The van der Waals surface area contributed by atoms with Crippen LogP contribution in [-0.4, -0.2) is 10.8 Å². The molecule has 0 aliphatic carbocycles. The summed E-state index contributed by atoms with van der Waals surface area (Å²) in [6.45, 7) is 0.736. The zero-order valence-electron chi connectivity index (χ0n) is 13.5. The molecule has 0 saturated carbocycles. The Labute approximate surface area is 151 Å². The monoisotopic (exact) mass is 344 g/mol. The smallest absolute Gasteiger partial charge is 0.188 e. The van der Waals surface area contributed by atoms with E-state index in [-0.39, 0.29) is 5.78 Å². The number of carbonyl (C=O) groups is 1. The predicted octanol–water partition coefficient (Wildman–Crippen LogP) is 4.92. The number of benzene rings is 2. The van der Waals surface area contributed by atoms with E-state index < -0.39 is 0 Å². The number of hydrogen-bond donors (Lipinski definition) is 0. The number of nitrogens with zero attached hydrogens (tertiary/aromatic N) is 2. The number of fused-ring (bicyclic) bond motifs is 1. The topological polar surface area (TPSA) is 33.2 Å². The molecule has 3 nitrogen and oxygen atoms in total. The van der Waals surface area contributed by atoms with Gasteiger partial charge in [-0.3, -0.25) is 9.78 Å². The van der Waals surface area contributed by atoms with Gasteiger partial charge in [0.05, 0.1) is 10.7 Å². The van der Waals surface area contributed by atoms with Crippen molar-refractivity contribution >= 4 is 23.2 Å². The Morgan fingerprint density at radius 1 is 0.960 bits per heavy atom. The lowest BCUT2D eigenvalue weighted by atomic mass is 10.1. The zero-order chi connectivity index (χ0) is 17.1. The lowest BCUT2D eigenvalue weighted by molar-refractivity contribution is 0.104. The van der Waals surface area contributed by atoms with Crippen molar-refractivity contribution in [1.82, 2.24) is 4.98 Å². The first-order valence-corrected chi connectivity index (χ1v) is 8.87. The molecular formula is C21H16N2OS. The van der Waals surface area contributed by atoms with Crippen LogP contribution in [0.2, 0.25) is 0 Å². The first kappa shape index (κ1) is 15.7. The number of allylic oxidation sites excluding steroid dienone is 1. The van der Waals surface area contributed by atoms with E-state index in [9.17, 15) is 4.79 Å². The van der Waals surface area contributed by atoms with E-state index in [0.29, 0.717) is 5.56 Å². The Balaban J connectivity index is 1.69. The first-order valence-electron chi connectivity index (χ1n) is 8.06. The van der Waals surface area contributed by atoms with E-state index >= 15 is 0 Å². The number of hydrogen-bond acceptors (Lipinski definition) is 4. The van der Waals surface area contributed by atoms with Crippen LogP contribution >= 0.6 is 11.8 Å². The maximum atomic E-state index is 12.6. The fourth-order valence-electron chi connectivity index (χ4n) is 2.80. The van der Waals surface area contributed by atoms with Gasteiger partial charge < -0.3 is 4.90 Å². The summed E-state index contributed by atoms with van der Waals surface area (Å²) in [7, 11) is 0. The minimum Gasteiger partial charge on any atom is -0.330 e. The molecule has 0 spiro atoms. The lowest BCUT2D eigenvalue weighted by Gasteiger charge is -2.20. The highest BCUT2D eigenvalue weighted by Crippen LogP contribution is 2.46. The van der Waals surface area contributed by atoms with Gasteiger partial charge in [0.25, 0.3) is 0 Å². The SMILES string of the molecule is O=C(C=C1Sc2ccccc2N1Cc1ccccc1)c1ccncc1. The Bertz CT molecular complexity index is 923. The van der Waals surface area contributed by atoms with Crippen LogP contribution in [0.5, 0.6) is 0 Å². The summed E-state index contributed by atoms with van der Waals surface area (Å²) in [6.07, 6.45) is 5.01. The van der Waals surface area contributed by atoms with E-state index in [1.54, 1.807) is 42.4 Å². The summed E-state index contributed by atoms with van der Waals surface area (Å²) >= 11 is 1.64. The van der Waals surface area contributed by atoms with Gasteiger partial charge in [0.15, 0.2) is 5.78 Å². The molecular weight excluding hydrogens is 328 g/mol. The number of thioether (sulfide) groups is 1. The second-order valence-corrected chi connectivity index (χ2v) is 6.79. The fourth-order valence-corrected chi connectivity index (χ4v) is 3.89.